The number of nitrogens with zero attached hydrogens (tertiary/aromatic N) is 1. The summed E-state index contributed by atoms with van der Waals surface area (Å²) >= 11 is 0. The zero-order valence-corrected chi connectivity index (χ0v) is 11.9. The predicted octanol–water partition coefficient (Wildman–Crippen LogP) is 3.73. The summed E-state index contributed by atoms with van der Waals surface area (Å²) < 4.78 is 0. The van der Waals surface area contributed by atoms with Gasteiger partial charge in [0.1, 0.15) is 5.75 Å². The van der Waals surface area contributed by atoms with Crippen LogP contribution in [0, 0.1) is 0 Å². The van der Waals surface area contributed by atoms with Crippen LogP contribution in [0.5, 0.6) is 5.75 Å². The maximum Gasteiger partial charge on any atom is 0.120 e. The second-order valence-corrected chi connectivity index (χ2v) is 5.57. The van der Waals surface area contributed by atoms with Crippen molar-refractivity contribution in [3.8, 4) is 5.75 Å². The smallest absolute Gasteiger partial charge is 0.120 e. The fourth-order valence-electron chi connectivity index (χ4n) is 3.09. The molecule has 2 nitrogen and oxygen atoms in total. The molecule has 0 aromatic heterocycles. The number of benzene rings is 2. The van der Waals surface area contributed by atoms with E-state index < -0.39 is 0 Å². The van der Waals surface area contributed by atoms with Gasteiger partial charge in [0.15, 0.2) is 0 Å². The van der Waals surface area contributed by atoms with Gasteiger partial charge in [0, 0.05) is 24.7 Å². The summed E-state index contributed by atoms with van der Waals surface area (Å²) in [6.07, 6.45) is 2.25. The van der Waals surface area contributed by atoms with Crippen molar-refractivity contribution in [1.29, 1.82) is 0 Å². The molecule has 104 valence electrons. The van der Waals surface area contributed by atoms with Gasteiger partial charge in [-0.15, -0.1) is 0 Å². The summed E-state index contributed by atoms with van der Waals surface area (Å²) in [6.45, 7) is 4.04. The molecule has 0 unspecified atom stereocenters. The van der Waals surface area contributed by atoms with E-state index in [1.165, 1.54) is 11.1 Å². The second-order valence-electron chi connectivity index (χ2n) is 5.57. The highest BCUT2D eigenvalue weighted by molar-refractivity contribution is 5.33. The topological polar surface area (TPSA) is 23.5 Å². The first-order valence-corrected chi connectivity index (χ1v) is 7.35. The average Bonchev–Trinajstić information content (AvgIpc) is 2.49. The Kier molecular flexibility index (Phi) is 3.75. The van der Waals surface area contributed by atoms with Gasteiger partial charge >= 0.3 is 0 Å². The third-order valence-electron chi connectivity index (χ3n) is 4.30. The fraction of sp³-hybridized carbons (Fsp3) is 0.333. The first-order valence-electron chi connectivity index (χ1n) is 7.35. The highest BCUT2D eigenvalue weighted by atomic mass is 16.3. The Balaban J connectivity index is 1.84. The summed E-state index contributed by atoms with van der Waals surface area (Å²) in [7, 11) is 0. The molecule has 0 saturated carbocycles. The molecule has 1 atom stereocenters. The molecule has 0 fully saturated rings. The molecular formula is C18H21NO. The number of hydrogen-bond donors (Lipinski definition) is 1. The summed E-state index contributed by atoms with van der Waals surface area (Å²) in [5, 5.41) is 9.97. The van der Waals surface area contributed by atoms with E-state index in [4.69, 9.17) is 0 Å². The standard InChI is InChI=1S/C18H21NO/c1-2-17-11-14-7-3-4-8-15(14)12-19(17)13-16-9-5-6-10-18(16)20/h3-10,17,20H,2,11-13H2,1H3/t17-/m0/s1. The molecule has 0 amide bonds. The van der Waals surface area contributed by atoms with Crippen LogP contribution < -0.4 is 0 Å². The molecule has 0 saturated heterocycles. The SMILES string of the molecule is CC[C@H]1Cc2ccccc2CN1Cc1ccccc1O. The number of fused-ring (bicyclic) bond motifs is 1. The van der Waals surface area contributed by atoms with Crippen molar-refractivity contribution in [2.24, 2.45) is 0 Å². The zero-order chi connectivity index (χ0) is 13.9. The number of rotatable bonds is 3. The monoisotopic (exact) mass is 267 g/mol. The molecule has 1 N–H and O–H groups in total. The van der Waals surface area contributed by atoms with E-state index in [-0.39, 0.29) is 0 Å². The Morgan fingerprint density at radius 1 is 1.05 bits per heavy atom. The molecule has 0 aliphatic carbocycles. The summed E-state index contributed by atoms with van der Waals surface area (Å²) in [6, 6.07) is 16.9. The molecule has 2 aromatic carbocycles. The highest BCUT2D eigenvalue weighted by Gasteiger charge is 2.24. The van der Waals surface area contributed by atoms with Crippen molar-refractivity contribution in [2.45, 2.75) is 38.9 Å². The van der Waals surface area contributed by atoms with E-state index >= 15 is 0 Å². The van der Waals surface area contributed by atoms with Crippen LogP contribution >= 0.6 is 0 Å². The van der Waals surface area contributed by atoms with Gasteiger partial charge in [0.25, 0.3) is 0 Å². The molecule has 0 bridgehead atoms. The minimum atomic E-state index is 0.404. The Labute approximate surface area is 120 Å². The van der Waals surface area contributed by atoms with E-state index in [0.29, 0.717) is 11.8 Å². The Bertz CT molecular complexity index is 593. The average molecular weight is 267 g/mol. The Hall–Kier alpha value is -1.80. The molecule has 1 aliphatic rings. The number of phenols is 1. The largest absolute Gasteiger partial charge is 0.508 e. The van der Waals surface area contributed by atoms with Crippen LogP contribution in [0.4, 0.5) is 0 Å². The van der Waals surface area contributed by atoms with E-state index in [0.717, 1.165) is 31.5 Å². The van der Waals surface area contributed by atoms with Gasteiger partial charge < -0.3 is 5.11 Å². The van der Waals surface area contributed by atoms with Gasteiger partial charge in [-0.3, -0.25) is 4.90 Å². The summed E-state index contributed by atoms with van der Waals surface area (Å²) in [5.41, 5.74) is 3.92. The van der Waals surface area contributed by atoms with Crippen LogP contribution in [-0.4, -0.2) is 16.0 Å². The minimum absolute atomic E-state index is 0.404. The number of aromatic hydroxyl groups is 1. The van der Waals surface area contributed by atoms with Crippen molar-refractivity contribution in [1.82, 2.24) is 4.90 Å². The molecule has 2 heteroatoms. The normalized spacial score (nSPS) is 18.8. The van der Waals surface area contributed by atoms with Crippen LogP contribution in [0.15, 0.2) is 48.5 Å². The summed E-state index contributed by atoms with van der Waals surface area (Å²) in [5.74, 6) is 0.404. The number of para-hydroxylation sites is 1. The molecular weight excluding hydrogens is 246 g/mol. The van der Waals surface area contributed by atoms with Crippen molar-refractivity contribution in [3.63, 3.8) is 0 Å². The molecule has 1 aliphatic heterocycles. The molecule has 3 rings (SSSR count). The van der Waals surface area contributed by atoms with Crippen LogP contribution in [0.1, 0.15) is 30.0 Å². The number of phenolic OH excluding ortho intramolecular Hbond substituents is 1. The van der Waals surface area contributed by atoms with Gasteiger partial charge in [0.2, 0.25) is 0 Å². The minimum Gasteiger partial charge on any atom is -0.508 e. The molecule has 20 heavy (non-hydrogen) atoms. The van der Waals surface area contributed by atoms with E-state index in [2.05, 4.69) is 36.1 Å². The van der Waals surface area contributed by atoms with Crippen LogP contribution in [0.3, 0.4) is 0 Å². The van der Waals surface area contributed by atoms with E-state index in [1.807, 2.05) is 18.2 Å². The van der Waals surface area contributed by atoms with E-state index in [1.54, 1.807) is 6.07 Å². The van der Waals surface area contributed by atoms with Crippen LogP contribution in [0.2, 0.25) is 0 Å². The highest BCUT2D eigenvalue weighted by Crippen LogP contribution is 2.28. The van der Waals surface area contributed by atoms with Crippen molar-refractivity contribution >= 4 is 0 Å². The lowest BCUT2D eigenvalue weighted by molar-refractivity contribution is 0.156. The van der Waals surface area contributed by atoms with Gasteiger partial charge in [-0.2, -0.15) is 0 Å². The first kappa shape index (κ1) is 13.2. The second kappa shape index (κ2) is 5.68. The number of hydrogen-bond acceptors (Lipinski definition) is 2. The Morgan fingerprint density at radius 3 is 2.50 bits per heavy atom. The first-order chi connectivity index (χ1) is 9.78. The summed E-state index contributed by atoms with van der Waals surface area (Å²) in [4.78, 5) is 2.48. The maximum atomic E-state index is 9.97. The lowest BCUT2D eigenvalue weighted by Gasteiger charge is -2.36. The molecule has 2 aromatic rings. The zero-order valence-electron chi connectivity index (χ0n) is 11.9. The quantitative estimate of drug-likeness (QED) is 0.916. The molecule has 0 spiro atoms. The van der Waals surface area contributed by atoms with Gasteiger partial charge in [-0.05, 0) is 30.0 Å². The Morgan fingerprint density at radius 2 is 1.75 bits per heavy atom. The molecule has 1 heterocycles. The van der Waals surface area contributed by atoms with Gasteiger partial charge in [-0.25, -0.2) is 0 Å². The molecule has 0 radical (unpaired) electrons. The van der Waals surface area contributed by atoms with Crippen molar-refractivity contribution in [3.05, 3.63) is 65.2 Å². The van der Waals surface area contributed by atoms with Crippen LogP contribution in [0.25, 0.3) is 0 Å². The third kappa shape index (κ3) is 2.56. The maximum absolute atomic E-state index is 9.97. The lowest BCUT2D eigenvalue weighted by Crippen LogP contribution is -2.39. The van der Waals surface area contributed by atoms with E-state index in [9.17, 15) is 5.11 Å². The van der Waals surface area contributed by atoms with Gasteiger partial charge in [0.05, 0.1) is 0 Å². The van der Waals surface area contributed by atoms with Crippen LogP contribution in [-0.2, 0) is 19.5 Å². The van der Waals surface area contributed by atoms with Crippen molar-refractivity contribution < 1.29 is 5.11 Å². The lowest BCUT2D eigenvalue weighted by atomic mass is 9.92. The fourth-order valence-corrected chi connectivity index (χ4v) is 3.09. The predicted molar refractivity (Wildman–Crippen MR) is 81.6 cm³/mol. The van der Waals surface area contributed by atoms with Gasteiger partial charge in [-0.1, -0.05) is 49.4 Å². The third-order valence-corrected chi connectivity index (χ3v) is 4.30. The van der Waals surface area contributed by atoms with Crippen molar-refractivity contribution in [2.75, 3.05) is 0 Å².